The molecule has 1 aliphatic rings. The first-order chi connectivity index (χ1) is 4.84. The lowest BCUT2D eigenvalue weighted by atomic mass is 9.83. The third-order valence-electron chi connectivity index (χ3n) is 2.36. The van der Waals surface area contributed by atoms with Gasteiger partial charge in [0.15, 0.2) is 0 Å². The second-order valence-electron chi connectivity index (χ2n) is 3.11. The average Bonchev–Trinajstić information content (AvgIpc) is 1.94. The van der Waals surface area contributed by atoms with Gasteiger partial charge in [0.25, 0.3) is 0 Å². The number of rotatable bonds is 2. The van der Waals surface area contributed by atoms with E-state index in [2.05, 4.69) is 6.58 Å². The highest BCUT2D eigenvalue weighted by atomic mass is 16.3. The normalized spacial score (nSPS) is 26.9. The molecule has 1 rings (SSSR count). The molecule has 1 fully saturated rings. The number of hydrogen-bond donors (Lipinski definition) is 1. The monoisotopic (exact) mass is 140 g/mol. The van der Waals surface area contributed by atoms with Crippen molar-refractivity contribution in [3.05, 3.63) is 12.2 Å². The molecule has 1 N–H and O–H groups in total. The smallest absolute Gasteiger partial charge is 0.0436 e. The van der Waals surface area contributed by atoms with E-state index in [1.54, 1.807) is 0 Å². The standard InChI is InChI=1S/C9H16O/c1-8-4-2-3-5-9(8)6-7-10/h9-10H,1-7H2. The van der Waals surface area contributed by atoms with Crippen LogP contribution in [0.15, 0.2) is 12.2 Å². The molecule has 0 amide bonds. The molecule has 10 heavy (non-hydrogen) atoms. The van der Waals surface area contributed by atoms with Gasteiger partial charge >= 0.3 is 0 Å². The Balaban J connectivity index is 2.32. The first-order valence-corrected chi connectivity index (χ1v) is 4.13. The molecule has 58 valence electrons. The van der Waals surface area contributed by atoms with Crippen LogP contribution in [-0.4, -0.2) is 11.7 Å². The van der Waals surface area contributed by atoms with Crippen molar-refractivity contribution < 1.29 is 5.11 Å². The molecule has 0 aromatic rings. The predicted molar refractivity (Wildman–Crippen MR) is 42.8 cm³/mol. The number of aliphatic hydroxyl groups is 1. The van der Waals surface area contributed by atoms with Crippen molar-refractivity contribution in [1.82, 2.24) is 0 Å². The SMILES string of the molecule is C=C1CCCCC1CCO. The zero-order valence-corrected chi connectivity index (χ0v) is 6.47. The van der Waals surface area contributed by atoms with E-state index in [4.69, 9.17) is 5.11 Å². The maximum Gasteiger partial charge on any atom is 0.0436 e. The van der Waals surface area contributed by atoms with Gasteiger partial charge in [-0.25, -0.2) is 0 Å². The quantitative estimate of drug-likeness (QED) is 0.582. The molecule has 1 saturated carbocycles. The summed E-state index contributed by atoms with van der Waals surface area (Å²) < 4.78 is 0. The van der Waals surface area contributed by atoms with E-state index in [1.165, 1.54) is 31.3 Å². The van der Waals surface area contributed by atoms with Crippen LogP contribution >= 0.6 is 0 Å². The second kappa shape index (κ2) is 3.77. The van der Waals surface area contributed by atoms with Crippen molar-refractivity contribution in [2.45, 2.75) is 32.1 Å². The van der Waals surface area contributed by atoms with E-state index >= 15 is 0 Å². The zero-order valence-electron chi connectivity index (χ0n) is 6.47. The summed E-state index contributed by atoms with van der Waals surface area (Å²) in [5, 5.41) is 8.70. The van der Waals surface area contributed by atoms with Crippen LogP contribution in [-0.2, 0) is 0 Å². The molecule has 0 aliphatic heterocycles. The molecule has 1 heteroatoms. The van der Waals surface area contributed by atoms with Gasteiger partial charge in [-0.05, 0) is 31.6 Å². The third kappa shape index (κ3) is 1.84. The van der Waals surface area contributed by atoms with Crippen LogP contribution in [0.4, 0.5) is 0 Å². The Bertz CT molecular complexity index is 116. The summed E-state index contributed by atoms with van der Waals surface area (Å²) in [6.45, 7) is 4.33. The lowest BCUT2D eigenvalue weighted by molar-refractivity contribution is 0.255. The van der Waals surface area contributed by atoms with E-state index in [0.29, 0.717) is 12.5 Å². The minimum atomic E-state index is 0.323. The summed E-state index contributed by atoms with van der Waals surface area (Å²) in [4.78, 5) is 0. The van der Waals surface area contributed by atoms with Gasteiger partial charge in [0.05, 0.1) is 0 Å². The van der Waals surface area contributed by atoms with Crippen LogP contribution in [0.1, 0.15) is 32.1 Å². The van der Waals surface area contributed by atoms with Crippen LogP contribution in [0.5, 0.6) is 0 Å². The number of aliphatic hydroxyl groups excluding tert-OH is 1. The minimum Gasteiger partial charge on any atom is -0.396 e. The van der Waals surface area contributed by atoms with E-state index in [-0.39, 0.29) is 0 Å². The summed E-state index contributed by atoms with van der Waals surface area (Å²) in [5.74, 6) is 0.624. The van der Waals surface area contributed by atoms with Gasteiger partial charge in [0, 0.05) is 6.61 Å². The molecule has 0 radical (unpaired) electrons. The summed E-state index contributed by atoms with van der Waals surface area (Å²) >= 11 is 0. The Morgan fingerprint density at radius 3 is 2.90 bits per heavy atom. The fraction of sp³-hybridized carbons (Fsp3) is 0.778. The summed E-state index contributed by atoms with van der Waals surface area (Å²) in [6, 6.07) is 0. The Hall–Kier alpha value is -0.300. The van der Waals surface area contributed by atoms with Crippen molar-refractivity contribution in [3.8, 4) is 0 Å². The van der Waals surface area contributed by atoms with Crippen LogP contribution < -0.4 is 0 Å². The summed E-state index contributed by atoms with van der Waals surface area (Å²) in [7, 11) is 0. The van der Waals surface area contributed by atoms with Gasteiger partial charge in [-0.1, -0.05) is 18.6 Å². The van der Waals surface area contributed by atoms with E-state index in [1.807, 2.05) is 0 Å². The van der Waals surface area contributed by atoms with Crippen molar-refractivity contribution in [1.29, 1.82) is 0 Å². The van der Waals surface area contributed by atoms with Crippen LogP contribution in [0.2, 0.25) is 0 Å². The maximum atomic E-state index is 8.70. The predicted octanol–water partition coefficient (Wildman–Crippen LogP) is 2.12. The highest BCUT2D eigenvalue weighted by molar-refractivity contribution is 5.02. The third-order valence-corrected chi connectivity index (χ3v) is 2.36. The molecule has 1 aliphatic carbocycles. The molecule has 1 nitrogen and oxygen atoms in total. The molecular formula is C9H16O. The van der Waals surface area contributed by atoms with E-state index in [9.17, 15) is 0 Å². The van der Waals surface area contributed by atoms with Gasteiger partial charge < -0.3 is 5.11 Å². The molecule has 0 saturated heterocycles. The highest BCUT2D eigenvalue weighted by Crippen LogP contribution is 2.29. The molecule has 0 aromatic heterocycles. The second-order valence-corrected chi connectivity index (χ2v) is 3.11. The largest absolute Gasteiger partial charge is 0.396 e. The lowest BCUT2D eigenvalue weighted by Gasteiger charge is -2.23. The molecule has 1 unspecified atom stereocenters. The van der Waals surface area contributed by atoms with Crippen molar-refractivity contribution >= 4 is 0 Å². The summed E-state index contributed by atoms with van der Waals surface area (Å²) in [5.41, 5.74) is 1.36. The minimum absolute atomic E-state index is 0.323. The number of allylic oxidation sites excluding steroid dienone is 1. The maximum absolute atomic E-state index is 8.70. The Morgan fingerprint density at radius 1 is 1.50 bits per heavy atom. The summed E-state index contributed by atoms with van der Waals surface area (Å²) in [6.07, 6.45) is 5.99. The van der Waals surface area contributed by atoms with Crippen molar-refractivity contribution in [2.24, 2.45) is 5.92 Å². The van der Waals surface area contributed by atoms with Crippen LogP contribution in [0.3, 0.4) is 0 Å². The lowest BCUT2D eigenvalue weighted by Crippen LogP contribution is -2.10. The zero-order chi connectivity index (χ0) is 7.40. The van der Waals surface area contributed by atoms with Crippen LogP contribution in [0.25, 0.3) is 0 Å². The fourth-order valence-electron chi connectivity index (χ4n) is 1.66. The van der Waals surface area contributed by atoms with Crippen LogP contribution in [0, 0.1) is 5.92 Å². The van der Waals surface area contributed by atoms with Gasteiger partial charge in [-0.2, -0.15) is 0 Å². The first-order valence-electron chi connectivity index (χ1n) is 4.13. The molecule has 0 heterocycles. The van der Waals surface area contributed by atoms with Gasteiger partial charge in [0.1, 0.15) is 0 Å². The van der Waals surface area contributed by atoms with E-state index < -0.39 is 0 Å². The molecule has 0 aromatic carbocycles. The average molecular weight is 140 g/mol. The Labute approximate surface area is 62.8 Å². The van der Waals surface area contributed by atoms with Crippen molar-refractivity contribution in [2.75, 3.05) is 6.61 Å². The van der Waals surface area contributed by atoms with E-state index in [0.717, 1.165) is 6.42 Å². The fourth-order valence-corrected chi connectivity index (χ4v) is 1.66. The Kier molecular flexibility index (Phi) is 2.94. The molecule has 0 spiro atoms. The van der Waals surface area contributed by atoms with Crippen molar-refractivity contribution in [3.63, 3.8) is 0 Å². The van der Waals surface area contributed by atoms with Gasteiger partial charge in [-0.15, -0.1) is 0 Å². The molecular weight excluding hydrogens is 124 g/mol. The Morgan fingerprint density at radius 2 is 2.30 bits per heavy atom. The van der Waals surface area contributed by atoms with Gasteiger partial charge in [0.2, 0.25) is 0 Å². The topological polar surface area (TPSA) is 20.2 Å². The first kappa shape index (κ1) is 7.80. The number of hydrogen-bond acceptors (Lipinski definition) is 1. The highest BCUT2D eigenvalue weighted by Gasteiger charge is 2.15. The van der Waals surface area contributed by atoms with Gasteiger partial charge in [-0.3, -0.25) is 0 Å². The molecule has 0 bridgehead atoms. The molecule has 1 atom stereocenters.